The molecule has 4 rings (SSSR count). The van der Waals surface area contributed by atoms with E-state index in [2.05, 4.69) is 0 Å². The van der Waals surface area contributed by atoms with Gasteiger partial charge in [0.15, 0.2) is 18.2 Å². The molecule has 3 aromatic carbocycles. The second-order valence-electron chi connectivity index (χ2n) is 7.33. The number of carbonyl (C=O) groups excluding carboxylic acids is 1. The Kier molecular flexibility index (Phi) is 5.58. The minimum Gasteiger partial charge on any atom is -0.497 e. The summed E-state index contributed by atoms with van der Waals surface area (Å²) in [5, 5.41) is 0.419. The van der Waals surface area contributed by atoms with Crippen molar-refractivity contribution < 1.29 is 18.7 Å². The van der Waals surface area contributed by atoms with Crippen LogP contribution in [0.2, 0.25) is 0 Å². The molecule has 0 atom stereocenters. The van der Waals surface area contributed by atoms with Gasteiger partial charge in [0.05, 0.1) is 12.5 Å². The number of hydrogen-bond acceptors (Lipinski definition) is 5. The number of benzene rings is 3. The lowest BCUT2D eigenvalue weighted by atomic mass is 10.0. The van der Waals surface area contributed by atoms with Crippen LogP contribution >= 0.6 is 0 Å². The first-order valence-corrected chi connectivity index (χ1v) is 9.91. The third-order valence-electron chi connectivity index (χ3n) is 5.26. The highest BCUT2D eigenvalue weighted by Gasteiger charge is 2.20. The van der Waals surface area contributed by atoms with Crippen LogP contribution in [0.1, 0.15) is 21.5 Å². The molecule has 0 saturated carbocycles. The lowest BCUT2D eigenvalue weighted by molar-refractivity contribution is 0.0920. The zero-order valence-electron chi connectivity index (χ0n) is 17.6. The fraction of sp³-hybridized carbons (Fsp3) is 0.154. The molecular formula is C26H22O5. The van der Waals surface area contributed by atoms with Crippen LogP contribution in [-0.4, -0.2) is 19.5 Å². The zero-order valence-corrected chi connectivity index (χ0v) is 17.6. The fourth-order valence-corrected chi connectivity index (χ4v) is 3.34. The van der Waals surface area contributed by atoms with Gasteiger partial charge in [-0.2, -0.15) is 0 Å². The molecule has 0 aliphatic carbocycles. The van der Waals surface area contributed by atoms with Crippen LogP contribution in [0.5, 0.6) is 11.5 Å². The summed E-state index contributed by atoms with van der Waals surface area (Å²) in [7, 11) is 1.58. The summed E-state index contributed by atoms with van der Waals surface area (Å²) in [5.74, 6) is 0.760. The van der Waals surface area contributed by atoms with Gasteiger partial charge < -0.3 is 13.9 Å². The first-order valence-electron chi connectivity index (χ1n) is 9.91. The molecule has 0 fully saturated rings. The van der Waals surface area contributed by atoms with E-state index in [0.717, 1.165) is 11.1 Å². The average molecular weight is 414 g/mol. The Hall–Kier alpha value is -3.86. The largest absolute Gasteiger partial charge is 0.497 e. The second kappa shape index (κ2) is 8.48. The van der Waals surface area contributed by atoms with Gasteiger partial charge >= 0.3 is 0 Å². The number of ketones is 1. The summed E-state index contributed by atoms with van der Waals surface area (Å²) >= 11 is 0. The quantitative estimate of drug-likeness (QED) is 0.398. The predicted octanol–water partition coefficient (Wildman–Crippen LogP) is 5.35. The summed E-state index contributed by atoms with van der Waals surface area (Å²) in [5.41, 5.74) is 3.33. The van der Waals surface area contributed by atoms with Crippen molar-refractivity contribution in [2.24, 2.45) is 0 Å². The van der Waals surface area contributed by atoms with Gasteiger partial charge in [0.1, 0.15) is 11.3 Å². The molecule has 5 heteroatoms. The monoisotopic (exact) mass is 414 g/mol. The molecule has 0 aliphatic heterocycles. The van der Waals surface area contributed by atoms with E-state index in [1.54, 1.807) is 61.7 Å². The number of aryl methyl sites for hydroxylation is 2. The van der Waals surface area contributed by atoms with Crippen molar-refractivity contribution in [3.63, 3.8) is 0 Å². The summed E-state index contributed by atoms with van der Waals surface area (Å²) in [4.78, 5) is 25.9. The van der Waals surface area contributed by atoms with E-state index in [1.165, 1.54) is 0 Å². The molecule has 156 valence electrons. The Morgan fingerprint density at radius 1 is 0.935 bits per heavy atom. The van der Waals surface area contributed by atoms with Crippen LogP contribution in [0.4, 0.5) is 0 Å². The molecule has 4 aromatic rings. The maximum Gasteiger partial charge on any atom is 0.235 e. The molecule has 0 amide bonds. The standard InChI is InChI=1S/C26H22O5/c1-16-13-21-23(14-17(16)2)31-25(19-9-11-20(29-3)12-10-19)26(24(21)28)30-15-22(27)18-7-5-4-6-8-18/h4-14H,15H2,1-3H3. The number of hydrogen-bond donors (Lipinski definition) is 0. The molecule has 0 saturated heterocycles. The molecule has 1 aromatic heterocycles. The summed E-state index contributed by atoms with van der Waals surface area (Å²) in [6.07, 6.45) is 0. The van der Waals surface area contributed by atoms with Gasteiger partial charge in [0.25, 0.3) is 0 Å². The lowest BCUT2D eigenvalue weighted by Gasteiger charge is -2.13. The molecule has 31 heavy (non-hydrogen) atoms. The van der Waals surface area contributed by atoms with E-state index in [0.29, 0.717) is 27.8 Å². The van der Waals surface area contributed by atoms with E-state index in [9.17, 15) is 9.59 Å². The number of fused-ring (bicyclic) bond motifs is 1. The zero-order chi connectivity index (χ0) is 22.0. The van der Waals surface area contributed by atoms with Gasteiger partial charge in [-0.3, -0.25) is 9.59 Å². The molecule has 0 unspecified atom stereocenters. The third kappa shape index (κ3) is 4.08. The molecular weight excluding hydrogens is 392 g/mol. The molecule has 0 bridgehead atoms. The van der Waals surface area contributed by atoms with Crippen molar-refractivity contribution in [2.45, 2.75) is 13.8 Å². The Bertz CT molecular complexity index is 1300. The Morgan fingerprint density at radius 2 is 1.61 bits per heavy atom. The van der Waals surface area contributed by atoms with Crippen molar-refractivity contribution in [3.8, 4) is 22.8 Å². The fourth-order valence-electron chi connectivity index (χ4n) is 3.34. The SMILES string of the molecule is COc1ccc(-c2oc3cc(C)c(C)cc3c(=O)c2OCC(=O)c2ccccc2)cc1. The van der Waals surface area contributed by atoms with Crippen LogP contribution in [0, 0.1) is 13.8 Å². The Labute approximate surface area is 179 Å². The van der Waals surface area contributed by atoms with Gasteiger partial charge in [0.2, 0.25) is 11.2 Å². The number of carbonyl (C=O) groups is 1. The van der Waals surface area contributed by atoms with E-state index in [4.69, 9.17) is 13.9 Å². The molecule has 0 spiro atoms. The Balaban J connectivity index is 1.82. The third-order valence-corrected chi connectivity index (χ3v) is 5.26. The highest BCUT2D eigenvalue weighted by Crippen LogP contribution is 2.33. The van der Waals surface area contributed by atoms with Crippen LogP contribution in [0.25, 0.3) is 22.3 Å². The minimum absolute atomic E-state index is 0.0187. The molecule has 0 N–H and O–H groups in total. The van der Waals surface area contributed by atoms with Crippen molar-refractivity contribution in [1.82, 2.24) is 0 Å². The normalized spacial score (nSPS) is 10.8. The van der Waals surface area contributed by atoms with Crippen molar-refractivity contribution >= 4 is 16.8 Å². The molecule has 1 heterocycles. The van der Waals surface area contributed by atoms with Gasteiger partial charge in [-0.05, 0) is 61.4 Å². The number of methoxy groups -OCH3 is 1. The van der Waals surface area contributed by atoms with Crippen molar-refractivity contribution in [1.29, 1.82) is 0 Å². The number of ether oxygens (including phenoxy) is 2. The summed E-state index contributed by atoms with van der Waals surface area (Å²) in [6, 6.07) is 19.6. The van der Waals surface area contributed by atoms with E-state index in [1.807, 2.05) is 26.0 Å². The number of Topliss-reactive ketones (excluding diaryl/α,β-unsaturated/α-hetero) is 1. The molecule has 0 radical (unpaired) electrons. The predicted molar refractivity (Wildman–Crippen MR) is 120 cm³/mol. The average Bonchev–Trinajstić information content (AvgIpc) is 2.80. The first kappa shape index (κ1) is 20.4. The van der Waals surface area contributed by atoms with Crippen LogP contribution < -0.4 is 14.9 Å². The molecule has 0 aliphatic rings. The Morgan fingerprint density at radius 3 is 2.29 bits per heavy atom. The smallest absolute Gasteiger partial charge is 0.235 e. The van der Waals surface area contributed by atoms with Crippen LogP contribution in [0.15, 0.2) is 75.9 Å². The minimum atomic E-state index is -0.309. The second-order valence-corrected chi connectivity index (χ2v) is 7.33. The summed E-state index contributed by atoms with van der Waals surface area (Å²) < 4.78 is 17.1. The highest BCUT2D eigenvalue weighted by atomic mass is 16.5. The highest BCUT2D eigenvalue weighted by molar-refractivity contribution is 5.97. The lowest BCUT2D eigenvalue weighted by Crippen LogP contribution is -2.17. The maximum absolute atomic E-state index is 13.3. The van der Waals surface area contributed by atoms with Crippen LogP contribution in [-0.2, 0) is 0 Å². The van der Waals surface area contributed by atoms with Crippen molar-refractivity contribution in [3.05, 3.63) is 93.6 Å². The van der Waals surface area contributed by atoms with Gasteiger partial charge in [-0.1, -0.05) is 30.3 Å². The van der Waals surface area contributed by atoms with Gasteiger partial charge in [-0.15, -0.1) is 0 Å². The first-order chi connectivity index (χ1) is 15.0. The van der Waals surface area contributed by atoms with Crippen molar-refractivity contribution in [2.75, 3.05) is 13.7 Å². The van der Waals surface area contributed by atoms with E-state index in [-0.39, 0.29) is 29.3 Å². The number of rotatable bonds is 6. The van der Waals surface area contributed by atoms with E-state index < -0.39 is 0 Å². The van der Waals surface area contributed by atoms with Gasteiger partial charge in [0, 0.05) is 11.1 Å². The topological polar surface area (TPSA) is 65.7 Å². The van der Waals surface area contributed by atoms with Gasteiger partial charge in [-0.25, -0.2) is 0 Å². The van der Waals surface area contributed by atoms with Crippen LogP contribution in [0.3, 0.4) is 0 Å². The van der Waals surface area contributed by atoms with E-state index >= 15 is 0 Å². The molecule has 5 nitrogen and oxygen atoms in total. The summed E-state index contributed by atoms with van der Waals surface area (Å²) in [6.45, 7) is 3.63. The maximum atomic E-state index is 13.3.